The van der Waals surface area contributed by atoms with Crippen molar-refractivity contribution >= 4 is 46.9 Å². The first-order valence-electron chi connectivity index (χ1n) is 9.70. The molecule has 0 heterocycles. The maximum absolute atomic E-state index is 12.2. The van der Waals surface area contributed by atoms with Gasteiger partial charge in [0.15, 0.2) is 6.61 Å². The minimum absolute atomic E-state index is 0.183. The number of carbonyl (C=O) groups is 2. The fourth-order valence-electron chi connectivity index (χ4n) is 2.75. The Labute approximate surface area is 196 Å². The second-order valence-electron chi connectivity index (χ2n) is 7.05. The number of ether oxygens (including phenoxy) is 1. The molecule has 164 valence electrons. The lowest BCUT2D eigenvalue weighted by Gasteiger charge is -2.11. The summed E-state index contributed by atoms with van der Waals surface area (Å²) in [5.74, 6) is -0.283. The molecule has 3 rings (SSSR count). The number of hydrogen-bond acceptors (Lipinski definition) is 4. The number of amides is 2. The van der Waals surface area contributed by atoms with Crippen LogP contribution in [0.4, 0.5) is 5.69 Å². The number of hydrogen-bond donors (Lipinski definition) is 2. The summed E-state index contributed by atoms with van der Waals surface area (Å²) in [6.07, 6.45) is 1.46. The van der Waals surface area contributed by atoms with E-state index in [1.807, 2.05) is 32.0 Å². The zero-order chi connectivity index (χ0) is 23.1. The Kier molecular flexibility index (Phi) is 7.87. The number of rotatable bonds is 7. The van der Waals surface area contributed by atoms with Crippen LogP contribution in [0.15, 0.2) is 65.8 Å². The van der Waals surface area contributed by atoms with Gasteiger partial charge in [-0.05, 0) is 79.1 Å². The Balaban J connectivity index is 1.53. The molecule has 3 aromatic rings. The van der Waals surface area contributed by atoms with E-state index in [0.717, 1.165) is 16.8 Å². The summed E-state index contributed by atoms with van der Waals surface area (Å²) in [6, 6.07) is 17.3. The average molecular weight is 470 g/mol. The second kappa shape index (κ2) is 10.8. The Hall–Kier alpha value is -3.35. The van der Waals surface area contributed by atoms with Crippen molar-refractivity contribution in [3.63, 3.8) is 0 Å². The lowest BCUT2D eigenvalue weighted by atomic mass is 10.1. The van der Waals surface area contributed by atoms with E-state index < -0.39 is 0 Å². The van der Waals surface area contributed by atoms with Crippen molar-refractivity contribution in [1.29, 1.82) is 0 Å². The average Bonchev–Trinajstić information content (AvgIpc) is 2.76. The zero-order valence-corrected chi connectivity index (χ0v) is 19.0. The van der Waals surface area contributed by atoms with Crippen LogP contribution >= 0.6 is 23.2 Å². The van der Waals surface area contributed by atoms with Crippen molar-refractivity contribution in [1.82, 2.24) is 5.43 Å². The second-order valence-corrected chi connectivity index (χ2v) is 7.89. The molecule has 0 saturated carbocycles. The number of carbonyl (C=O) groups excluding carboxylic acids is 2. The molecule has 0 atom stereocenters. The molecule has 32 heavy (non-hydrogen) atoms. The molecule has 0 saturated heterocycles. The monoisotopic (exact) mass is 469 g/mol. The highest BCUT2D eigenvalue weighted by molar-refractivity contribution is 6.32. The van der Waals surface area contributed by atoms with Crippen molar-refractivity contribution in [2.45, 2.75) is 13.8 Å². The van der Waals surface area contributed by atoms with E-state index in [0.29, 0.717) is 26.9 Å². The molecule has 3 aromatic carbocycles. The van der Waals surface area contributed by atoms with Crippen LogP contribution in [0.25, 0.3) is 0 Å². The predicted molar refractivity (Wildman–Crippen MR) is 128 cm³/mol. The lowest BCUT2D eigenvalue weighted by molar-refractivity contribution is -0.118. The van der Waals surface area contributed by atoms with E-state index in [4.69, 9.17) is 27.9 Å². The highest BCUT2D eigenvalue weighted by Gasteiger charge is 2.09. The molecule has 0 unspecified atom stereocenters. The number of hydrazone groups is 1. The first-order valence-corrected chi connectivity index (χ1v) is 10.5. The van der Waals surface area contributed by atoms with E-state index in [-0.39, 0.29) is 18.4 Å². The first-order chi connectivity index (χ1) is 15.3. The number of benzene rings is 3. The summed E-state index contributed by atoms with van der Waals surface area (Å²) in [7, 11) is 0. The van der Waals surface area contributed by atoms with Crippen molar-refractivity contribution in [2.24, 2.45) is 5.10 Å². The molecule has 6 nitrogen and oxygen atoms in total. The lowest BCUT2D eigenvalue weighted by Crippen LogP contribution is -2.20. The number of nitrogens with zero attached hydrogens (tertiary/aromatic N) is 1. The van der Waals surface area contributed by atoms with Gasteiger partial charge >= 0.3 is 0 Å². The molecular weight excluding hydrogens is 449 g/mol. The third kappa shape index (κ3) is 6.57. The molecule has 2 N–H and O–H groups in total. The van der Waals surface area contributed by atoms with Crippen LogP contribution in [0.2, 0.25) is 10.0 Å². The third-order valence-electron chi connectivity index (χ3n) is 4.47. The first kappa shape index (κ1) is 23.3. The van der Waals surface area contributed by atoms with E-state index in [9.17, 15) is 9.59 Å². The maximum Gasteiger partial charge on any atom is 0.271 e. The van der Waals surface area contributed by atoms with Crippen LogP contribution in [0.3, 0.4) is 0 Å². The Morgan fingerprint density at radius 2 is 1.75 bits per heavy atom. The van der Waals surface area contributed by atoms with Gasteiger partial charge in [-0.1, -0.05) is 35.3 Å². The van der Waals surface area contributed by atoms with Gasteiger partial charge < -0.3 is 10.1 Å². The van der Waals surface area contributed by atoms with Gasteiger partial charge in [-0.3, -0.25) is 9.59 Å². The van der Waals surface area contributed by atoms with Crippen molar-refractivity contribution < 1.29 is 14.3 Å². The van der Waals surface area contributed by atoms with Gasteiger partial charge in [-0.15, -0.1) is 0 Å². The SMILES string of the molecule is Cc1ccc(C)c(NC(=O)COc2ccc(/C=N/NC(=O)c3ccc(Cl)cc3)cc2Cl)c1. The van der Waals surface area contributed by atoms with E-state index in [2.05, 4.69) is 15.8 Å². The van der Waals surface area contributed by atoms with Crippen LogP contribution in [-0.4, -0.2) is 24.6 Å². The molecule has 2 amide bonds. The molecule has 0 radical (unpaired) electrons. The minimum Gasteiger partial charge on any atom is -0.482 e. The molecular formula is C24H21Cl2N3O3. The van der Waals surface area contributed by atoms with Gasteiger partial charge in [0.2, 0.25) is 0 Å². The quantitative estimate of drug-likeness (QED) is 0.359. The summed E-state index contributed by atoms with van der Waals surface area (Å²) >= 11 is 12.1. The van der Waals surface area contributed by atoms with Crippen molar-refractivity contribution in [2.75, 3.05) is 11.9 Å². The van der Waals surface area contributed by atoms with Crippen LogP contribution in [0, 0.1) is 13.8 Å². The number of halogens is 2. The van der Waals surface area contributed by atoms with Crippen LogP contribution in [-0.2, 0) is 4.79 Å². The summed E-state index contributed by atoms with van der Waals surface area (Å²) in [6.45, 7) is 3.70. The Morgan fingerprint density at radius 1 is 1.00 bits per heavy atom. The normalized spacial score (nSPS) is 10.8. The Bertz CT molecular complexity index is 1160. The van der Waals surface area contributed by atoms with Gasteiger partial charge in [0.25, 0.3) is 11.8 Å². The summed E-state index contributed by atoms with van der Waals surface area (Å²) in [5.41, 5.74) is 6.29. The van der Waals surface area contributed by atoms with Gasteiger partial charge in [0, 0.05) is 16.3 Å². The maximum atomic E-state index is 12.2. The smallest absolute Gasteiger partial charge is 0.271 e. The molecule has 0 aliphatic heterocycles. The minimum atomic E-state index is -0.362. The molecule has 8 heteroatoms. The summed E-state index contributed by atoms with van der Waals surface area (Å²) in [4.78, 5) is 24.3. The Morgan fingerprint density at radius 3 is 2.47 bits per heavy atom. The van der Waals surface area contributed by atoms with Crippen molar-refractivity contribution in [3.05, 3.63) is 93.0 Å². The zero-order valence-electron chi connectivity index (χ0n) is 17.5. The topological polar surface area (TPSA) is 79.8 Å². The fourth-order valence-corrected chi connectivity index (χ4v) is 3.12. The van der Waals surface area contributed by atoms with Gasteiger partial charge in [-0.2, -0.15) is 5.10 Å². The molecule has 0 fully saturated rings. The molecule has 0 aliphatic rings. The predicted octanol–water partition coefficient (Wildman–Crippen LogP) is 5.39. The van der Waals surface area contributed by atoms with Crippen LogP contribution in [0.1, 0.15) is 27.0 Å². The van der Waals surface area contributed by atoms with Crippen LogP contribution in [0.5, 0.6) is 5.75 Å². The van der Waals surface area contributed by atoms with Gasteiger partial charge in [0.05, 0.1) is 11.2 Å². The molecule has 0 aromatic heterocycles. The summed E-state index contributed by atoms with van der Waals surface area (Å²) in [5, 5.41) is 7.62. The fraction of sp³-hybridized carbons (Fsp3) is 0.125. The number of aryl methyl sites for hydroxylation is 2. The van der Waals surface area contributed by atoms with Gasteiger partial charge in [0.1, 0.15) is 5.75 Å². The molecule has 0 aliphatic carbocycles. The standard InChI is InChI=1S/C24H21Cl2N3O3/c1-15-3-4-16(2)21(11-15)28-23(30)14-32-22-10-5-17(12-20(22)26)13-27-29-24(31)18-6-8-19(25)9-7-18/h3-13H,14H2,1-2H3,(H,28,30)(H,29,31)/b27-13+. The largest absolute Gasteiger partial charge is 0.482 e. The van der Waals surface area contributed by atoms with E-state index >= 15 is 0 Å². The van der Waals surface area contributed by atoms with Gasteiger partial charge in [-0.25, -0.2) is 5.43 Å². The van der Waals surface area contributed by atoms with E-state index in [1.54, 1.807) is 42.5 Å². The molecule has 0 spiro atoms. The highest BCUT2D eigenvalue weighted by atomic mass is 35.5. The number of nitrogens with one attached hydrogen (secondary N) is 2. The number of anilines is 1. The van der Waals surface area contributed by atoms with Crippen molar-refractivity contribution in [3.8, 4) is 5.75 Å². The molecule has 0 bridgehead atoms. The third-order valence-corrected chi connectivity index (χ3v) is 5.02. The van der Waals surface area contributed by atoms with Crippen LogP contribution < -0.4 is 15.5 Å². The van der Waals surface area contributed by atoms with E-state index in [1.165, 1.54) is 6.21 Å². The highest BCUT2D eigenvalue weighted by Crippen LogP contribution is 2.25. The summed E-state index contributed by atoms with van der Waals surface area (Å²) < 4.78 is 5.54.